The van der Waals surface area contributed by atoms with Gasteiger partial charge in [-0.25, -0.2) is 0 Å². The fraction of sp³-hybridized carbons (Fsp3) is 0.316. The molecule has 3 nitrogen and oxygen atoms in total. The maximum Gasteiger partial charge on any atom is 0.265 e. The largest absolute Gasteiger partial charge is 0.481 e. The predicted molar refractivity (Wildman–Crippen MR) is 90.5 cm³/mol. The van der Waals surface area contributed by atoms with E-state index in [9.17, 15) is 4.79 Å². The van der Waals surface area contributed by atoms with Gasteiger partial charge in [0.2, 0.25) is 0 Å². The highest BCUT2D eigenvalue weighted by Crippen LogP contribution is 2.20. The van der Waals surface area contributed by atoms with E-state index in [0.717, 1.165) is 34.5 Å². The quantitative estimate of drug-likeness (QED) is 0.895. The van der Waals surface area contributed by atoms with Crippen molar-refractivity contribution in [2.45, 2.75) is 40.2 Å². The van der Waals surface area contributed by atoms with Crippen LogP contribution in [-0.2, 0) is 11.2 Å². The minimum atomic E-state index is -0.548. The highest BCUT2D eigenvalue weighted by Gasteiger charge is 2.16. The van der Waals surface area contributed by atoms with Gasteiger partial charge in [-0.15, -0.1) is 0 Å². The van der Waals surface area contributed by atoms with Gasteiger partial charge in [-0.2, -0.15) is 0 Å². The third-order valence-electron chi connectivity index (χ3n) is 3.52. The molecule has 1 unspecified atom stereocenters. The first kappa shape index (κ1) is 16.1. The van der Waals surface area contributed by atoms with Gasteiger partial charge in [0.15, 0.2) is 6.10 Å². The van der Waals surface area contributed by atoms with Crippen LogP contribution < -0.4 is 10.1 Å². The third kappa shape index (κ3) is 4.10. The van der Waals surface area contributed by atoms with Crippen LogP contribution in [0.5, 0.6) is 5.75 Å². The normalized spacial score (nSPS) is 11.8. The molecule has 3 heteroatoms. The van der Waals surface area contributed by atoms with Crippen molar-refractivity contribution in [3.05, 3.63) is 59.2 Å². The van der Waals surface area contributed by atoms with Crippen LogP contribution in [0.25, 0.3) is 0 Å². The Labute approximate surface area is 132 Å². The lowest BCUT2D eigenvalue weighted by molar-refractivity contribution is -0.122. The molecule has 2 rings (SSSR count). The molecule has 2 aromatic rings. The molecule has 22 heavy (non-hydrogen) atoms. The Morgan fingerprint density at radius 2 is 1.77 bits per heavy atom. The molecule has 0 aromatic heterocycles. The fourth-order valence-electron chi connectivity index (χ4n) is 2.45. The van der Waals surface area contributed by atoms with Crippen LogP contribution in [0.4, 0.5) is 5.69 Å². The fourth-order valence-corrected chi connectivity index (χ4v) is 2.45. The van der Waals surface area contributed by atoms with Crippen LogP contribution in [0, 0.1) is 13.8 Å². The molecule has 116 valence electrons. The lowest BCUT2D eigenvalue weighted by atomic mass is 10.1. The van der Waals surface area contributed by atoms with E-state index in [2.05, 4.69) is 18.3 Å². The SMILES string of the molecule is CCc1ccccc1OC(C)C(=O)Nc1cc(C)cc(C)c1. The molecule has 1 N–H and O–H groups in total. The molecular weight excluding hydrogens is 274 g/mol. The summed E-state index contributed by atoms with van der Waals surface area (Å²) in [6.45, 7) is 7.87. The molecule has 1 atom stereocenters. The number of para-hydroxylation sites is 1. The number of benzene rings is 2. The Bertz CT molecular complexity index is 644. The molecule has 2 aromatic carbocycles. The van der Waals surface area contributed by atoms with E-state index in [4.69, 9.17) is 4.74 Å². The van der Waals surface area contributed by atoms with Crippen molar-refractivity contribution in [2.24, 2.45) is 0 Å². The Balaban J connectivity index is 2.06. The standard InChI is InChI=1S/C19H23NO2/c1-5-16-8-6-7-9-18(16)22-15(4)19(21)20-17-11-13(2)10-14(3)12-17/h6-12,15H,5H2,1-4H3,(H,20,21). The van der Waals surface area contributed by atoms with E-state index in [1.54, 1.807) is 6.92 Å². The molecule has 0 spiro atoms. The van der Waals surface area contributed by atoms with Gasteiger partial charge in [-0.1, -0.05) is 31.2 Å². The van der Waals surface area contributed by atoms with Crippen LogP contribution in [-0.4, -0.2) is 12.0 Å². The van der Waals surface area contributed by atoms with E-state index in [-0.39, 0.29) is 5.91 Å². The van der Waals surface area contributed by atoms with Gasteiger partial charge < -0.3 is 10.1 Å². The van der Waals surface area contributed by atoms with Crippen LogP contribution in [0.15, 0.2) is 42.5 Å². The topological polar surface area (TPSA) is 38.3 Å². The number of nitrogens with one attached hydrogen (secondary N) is 1. The van der Waals surface area contributed by atoms with Gasteiger partial charge in [0.05, 0.1) is 0 Å². The highest BCUT2D eigenvalue weighted by molar-refractivity contribution is 5.94. The highest BCUT2D eigenvalue weighted by atomic mass is 16.5. The molecule has 0 aliphatic rings. The second-order valence-corrected chi connectivity index (χ2v) is 5.59. The minimum absolute atomic E-state index is 0.143. The summed E-state index contributed by atoms with van der Waals surface area (Å²) in [6.07, 6.45) is 0.329. The van der Waals surface area contributed by atoms with Crippen molar-refractivity contribution < 1.29 is 9.53 Å². The monoisotopic (exact) mass is 297 g/mol. The zero-order chi connectivity index (χ0) is 16.1. The Morgan fingerprint density at radius 1 is 1.14 bits per heavy atom. The predicted octanol–water partition coefficient (Wildman–Crippen LogP) is 4.27. The first-order valence-electron chi connectivity index (χ1n) is 7.63. The summed E-state index contributed by atoms with van der Waals surface area (Å²) in [5.41, 5.74) is 4.16. The van der Waals surface area contributed by atoms with Crippen LogP contribution >= 0.6 is 0 Å². The lowest BCUT2D eigenvalue weighted by Crippen LogP contribution is -2.30. The smallest absolute Gasteiger partial charge is 0.265 e. The average molecular weight is 297 g/mol. The van der Waals surface area contributed by atoms with Crippen LogP contribution in [0.1, 0.15) is 30.5 Å². The average Bonchev–Trinajstić information content (AvgIpc) is 2.46. The number of carbonyl (C=O) groups excluding carboxylic acids is 1. The third-order valence-corrected chi connectivity index (χ3v) is 3.52. The number of aryl methyl sites for hydroxylation is 3. The second kappa shape index (κ2) is 7.12. The van der Waals surface area contributed by atoms with Crippen LogP contribution in [0.2, 0.25) is 0 Å². The minimum Gasteiger partial charge on any atom is -0.481 e. The summed E-state index contributed by atoms with van der Waals surface area (Å²) >= 11 is 0. The molecule has 0 bridgehead atoms. The number of amides is 1. The van der Waals surface area contributed by atoms with E-state index in [1.807, 2.05) is 50.2 Å². The van der Waals surface area contributed by atoms with Crippen molar-refractivity contribution in [2.75, 3.05) is 5.32 Å². The molecule has 0 fully saturated rings. The zero-order valence-electron chi connectivity index (χ0n) is 13.6. The Hall–Kier alpha value is -2.29. The van der Waals surface area contributed by atoms with E-state index in [0.29, 0.717) is 0 Å². The number of rotatable bonds is 5. The van der Waals surface area contributed by atoms with Gasteiger partial charge >= 0.3 is 0 Å². The van der Waals surface area contributed by atoms with E-state index >= 15 is 0 Å². The van der Waals surface area contributed by atoms with Gasteiger partial charge in [0, 0.05) is 5.69 Å². The van der Waals surface area contributed by atoms with Gasteiger partial charge in [-0.05, 0) is 62.1 Å². The first-order valence-corrected chi connectivity index (χ1v) is 7.63. The van der Waals surface area contributed by atoms with Crippen molar-refractivity contribution in [1.82, 2.24) is 0 Å². The zero-order valence-corrected chi connectivity index (χ0v) is 13.6. The number of ether oxygens (including phenoxy) is 1. The molecular formula is C19H23NO2. The van der Waals surface area contributed by atoms with Crippen LogP contribution in [0.3, 0.4) is 0 Å². The van der Waals surface area contributed by atoms with Gasteiger partial charge in [-0.3, -0.25) is 4.79 Å². The molecule has 0 aliphatic heterocycles. The molecule has 0 saturated heterocycles. The lowest BCUT2D eigenvalue weighted by Gasteiger charge is -2.17. The number of anilines is 1. The Morgan fingerprint density at radius 3 is 2.41 bits per heavy atom. The van der Waals surface area contributed by atoms with Crippen molar-refractivity contribution in [1.29, 1.82) is 0 Å². The molecule has 0 saturated carbocycles. The molecule has 0 aliphatic carbocycles. The first-order chi connectivity index (χ1) is 10.5. The summed E-state index contributed by atoms with van der Waals surface area (Å²) in [4.78, 5) is 12.3. The number of carbonyl (C=O) groups is 1. The van der Waals surface area contributed by atoms with Crippen molar-refractivity contribution in [3.63, 3.8) is 0 Å². The van der Waals surface area contributed by atoms with E-state index < -0.39 is 6.10 Å². The summed E-state index contributed by atoms with van der Waals surface area (Å²) in [6, 6.07) is 13.8. The Kier molecular flexibility index (Phi) is 5.21. The summed E-state index contributed by atoms with van der Waals surface area (Å²) in [7, 11) is 0. The molecule has 0 heterocycles. The molecule has 1 amide bonds. The van der Waals surface area contributed by atoms with Crippen molar-refractivity contribution in [3.8, 4) is 5.75 Å². The molecule has 0 radical (unpaired) electrons. The number of hydrogen-bond donors (Lipinski definition) is 1. The maximum atomic E-state index is 12.3. The van der Waals surface area contributed by atoms with Crippen molar-refractivity contribution >= 4 is 11.6 Å². The summed E-state index contributed by atoms with van der Waals surface area (Å²) in [5.74, 6) is 0.629. The van der Waals surface area contributed by atoms with E-state index in [1.165, 1.54) is 0 Å². The summed E-state index contributed by atoms with van der Waals surface area (Å²) < 4.78 is 5.82. The number of hydrogen-bond acceptors (Lipinski definition) is 2. The summed E-state index contributed by atoms with van der Waals surface area (Å²) in [5, 5.41) is 2.92. The maximum absolute atomic E-state index is 12.3. The van der Waals surface area contributed by atoms with Gasteiger partial charge in [0.1, 0.15) is 5.75 Å². The second-order valence-electron chi connectivity index (χ2n) is 5.59. The van der Waals surface area contributed by atoms with Gasteiger partial charge in [0.25, 0.3) is 5.91 Å².